The fraction of sp³-hybridized carbons (Fsp3) is 0.692. The fourth-order valence-corrected chi connectivity index (χ4v) is 2.33. The summed E-state index contributed by atoms with van der Waals surface area (Å²) in [6.45, 7) is 9.96. The van der Waals surface area contributed by atoms with Crippen molar-refractivity contribution in [1.29, 1.82) is 0 Å². The predicted octanol–water partition coefficient (Wildman–Crippen LogP) is 2.50. The molecular weight excluding hydrogens is 204 g/mol. The summed E-state index contributed by atoms with van der Waals surface area (Å²) >= 11 is 0. The van der Waals surface area contributed by atoms with Crippen LogP contribution in [0.15, 0.2) is 12.2 Å². The van der Waals surface area contributed by atoms with Crippen molar-refractivity contribution in [3.8, 4) is 0 Å². The van der Waals surface area contributed by atoms with Gasteiger partial charge in [-0.2, -0.15) is 0 Å². The molecule has 0 heterocycles. The van der Waals surface area contributed by atoms with Gasteiger partial charge in [0.25, 0.3) is 0 Å². The second kappa shape index (κ2) is 4.04. The van der Waals surface area contributed by atoms with E-state index >= 15 is 0 Å². The Morgan fingerprint density at radius 1 is 1.44 bits per heavy atom. The van der Waals surface area contributed by atoms with Gasteiger partial charge in [0.1, 0.15) is 5.78 Å². The zero-order chi connectivity index (χ0) is 12.6. The fourth-order valence-electron chi connectivity index (χ4n) is 2.33. The number of rotatable bonds is 2. The van der Waals surface area contributed by atoms with Gasteiger partial charge >= 0.3 is 5.97 Å². The molecule has 90 valence electrons. The first-order valence-corrected chi connectivity index (χ1v) is 5.54. The maximum absolute atomic E-state index is 12.0. The van der Waals surface area contributed by atoms with Crippen molar-refractivity contribution in [3.05, 3.63) is 12.2 Å². The lowest BCUT2D eigenvalue weighted by Gasteiger charge is -2.43. The Bertz CT molecular complexity index is 341. The molecule has 1 aliphatic carbocycles. The lowest BCUT2D eigenvalue weighted by molar-refractivity contribution is -0.147. The van der Waals surface area contributed by atoms with Gasteiger partial charge in [0.2, 0.25) is 0 Å². The molecule has 1 rings (SSSR count). The number of carbonyl (C=O) groups excluding carboxylic acids is 2. The van der Waals surface area contributed by atoms with Gasteiger partial charge in [0, 0.05) is 6.42 Å². The number of allylic oxidation sites excluding steroid dienone is 1. The summed E-state index contributed by atoms with van der Waals surface area (Å²) in [6.07, 6.45) is 1.42. The van der Waals surface area contributed by atoms with E-state index < -0.39 is 5.41 Å². The van der Waals surface area contributed by atoms with Crippen molar-refractivity contribution in [2.24, 2.45) is 10.8 Å². The van der Waals surface area contributed by atoms with Crippen molar-refractivity contribution in [3.63, 3.8) is 0 Å². The van der Waals surface area contributed by atoms with Crippen LogP contribution in [0.4, 0.5) is 0 Å². The third-order valence-corrected chi connectivity index (χ3v) is 3.80. The summed E-state index contributed by atoms with van der Waals surface area (Å²) in [6, 6.07) is 0. The summed E-state index contributed by atoms with van der Waals surface area (Å²) in [5.74, 6) is -0.253. The Morgan fingerprint density at radius 3 is 2.50 bits per heavy atom. The molecule has 0 aromatic carbocycles. The Kier molecular flexibility index (Phi) is 3.27. The SMILES string of the molecule is C=C1C(C)(C)CCC(=O)[C@]1(C)CC(=O)OC. The van der Waals surface area contributed by atoms with Crippen LogP contribution in [0.5, 0.6) is 0 Å². The van der Waals surface area contributed by atoms with E-state index in [-0.39, 0.29) is 23.6 Å². The summed E-state index contributed by atoms with van der Waals surface area (Å²) < 4.78 is 4.65. The zero-order valence-corrected chi connectivity index (χ0v) is 10.6. The zero-order valence-electron chi connectivity index (χ0n) is 10.6. The van der Waals surface area contributed by atoms with Gasteiger partial charge < -0.3 is 4.74 Å². The van der Waals surface area contributed by atoms with Gasteiger partial charge in [-0.15, -0.1) is 0 Å². The van der Waals surface area contributed by atoms with Crippen molar-refractivity contribution in [2.75, 3.05) is 7.11 Å². The van der Waals surface area contributed by atoms with Gasteiger partial charge in [-0.05, 0) is 18.8 Å². The standard InChI is InChI=1S/C13H20O3/c1-9-12(2,3)7-6-10(14)13(9,4)8-11(15)16-5/h1,6-8H2,2-5H3/t13-/m1/s1. The van der Waals surface area contributed by atoms with E-state index in [1.165, 1.54) is 7.11 Å². The van der Waals surface area contributed by atoms with Crippen molar-refractivity contribution < 1.29 is 14.3 Å². The molecule has 1 aliphatic rings. The molecule has 1 saturated carbocycles. The van der Waals surface area contributed by atoms with Crippen LogP contribution in [-0.2, 0) is 14.3 Å². The molecular formula is C13H20O3. The van der Waals surface area contributed by atoms with E-state index in [0.717, 1.165) is 12.0 Å². The molecule has 1 atom stereocenters. The minimum absolute atomic E-state index is 0.0866. The van der Waals surface area contributed by atoms with Crippen LogP contribution in [0.3, 0.4) is 0 Å². The first kappa shape index (κ1) is 12.9. The Labute approximate surface area is 96.9 Å². The molecule has 0 aromatic rings. The third kappa shape index (κ3) is 2.04. The first-order chi connectivity index (χ1) is 7.24. The van der Waals surface area contributed by atoms with Gasteiger partial charge in [-0.25, -0.2) is 0 Å². The molecule has 0 aromatic heterocycles. The molecule has 0 bridgehead atoms. The Balaban J connectivity index is 3.02. The van der Waals surface area contributed by atoms with Gasteiger partial charge in [-0.3, -0.25) is 9.59 Å². The number of Topliss-reactive ketones (excluding diaryl/α,β-unsaturated/α-hetero) is 1. The largest absolute Gasteiger partial charge is 0.469 e. The maximum Gasteiger partial charge on any atom is 0.306 e. The smallest absolute Gasteiger partial charge is 0.306 e. The first-order valence-electron chi connectivity index (χ1n) is 5.54. The molecule has 0 saturated heterocycles. The number of carbonyl (C=O) groups is 2. The highest BCUT2D eigenvalue weighted by molar-refractivity contribution is 5.92. The van der Waals surface area contributed by atoms with Gasteiger partial charge in [0.05, 0.1) is 18.9 Å². The van der Waals surface area contributed by atoms with Gasteiger partial charge in [-0.1, -0.05) is 26.0 Å². The molecule has 3 heteroatoms. The second-order valence-corrected chi connectivity index (χ2v) is 5.37. The Hall–Kier alpha value is -1.12. The number of hydrogen-bond acceptors (Lipinski definition) is 3. The topological polar surface area (TPSA) is 43.4 Å². The molecule has 16 heavy (non-hydrogen) atoms. The summed E-state index contributed by atoms with van der Waals surface area (Å²) in [7, 11) is 1.34. The van der Waals surface area contributed by atoms with E-state index in [4.69, 9.17) is 0 Å². The third-order valence-electron chi connectivity index (χ3n) is 3.80. The molecule has 0 aliphatic heterocycles. The minimum Gasteiger partial charge on any atom is -0.469 e. The lowest BCUT2D eigenvalue weighted by atomic mass is 9.59. The molecule has 3 nitrogen and oxygen atoms in total. The summed E-state index contributed by atoms with van der Waals surface area (Å²) in [4.78, 5) is 23.4. The van der Waals surface area contributed by atoms with Crippen LogP contribution < -0.4 is 0 Å². The normalized spacial score (nSPS) is 29.0. The minimum atomic E-state index is -0.755. The van der Waals surface area contributed by atoms with Gasteiger partial charge in [0.15, 0.2) is 0 Å². The molecule has 0 unspecified atom stereocenters. The highest BCUT2D eigenvalue weighted by atomic mass is 16.5. The highest BCUT2D eigenvalue weighted by Crippen LogP contribution is 2.49. The molecule has 0 radical (unpaired) electrons. The Morgan fingerprint density at radius 2 is 2.00 bits per heavy atom. The average Bonchev–Trinajstić information content (AvgIpc) is 2.22. The van der Waals surface area contributed by atoms with E-state index in [9.17, 15) is 9.59 Å². The van der Waals surface area contributed by atoms with Crippen LogP contribution in [0.25, 0.3) is 0 Å². The van der Waals surface area contributed by atoms with Crippen LogP contribution in [0, 0.1) is 10.8 Å². The summed E-state index contributed by atoms with van der Waals surface area (Å²) in [5, 5.41) is 0. The van der Waals surface area contributed by atoms with Crippen molar-refractivity contribution in [1.82, 2.24) is 0 Å². The monoisotopic (exact) mass is 224 g/mol. The predicted molar refractivity (Wildman–Crippen MR) is 61.9 cm³/mol. The van der Waals surface area contributed by atoms with E-state index in [1.807, 2.05) is 0 Å². The number of hydrogen-bond donors (Lipinski definition) is 0. The summed E-state index contributed by atoms with van der Waals surface area (Å²) in [5.41, 5.74) is 0.00701. The molecule has 0 N–H and O–H groups in total. The van der Waals surface area contributed by atoms with E-state index in [0.29, 0.717) is 6.42 Å². The van der Waals surface area contributed by atoms with Crippen molar-refractivity contribution >= 4 is 11.8 Å². The van der Waals surface area contributed by atoms with E-state index in [2.05, 4.69) is 25.2 Å². The highest BCUT2D eigenvalue weighted by Gasteiger charge is 2.47. The lowest BCUT2D eigenvalue weighted by Crippen LogP contribution is -2.42. The van der Waals surface area contributed by atoms with Crippen LogP contribution >= 0.6 is 0 Å². The maximum atomic E-state index is 12.0. The average molecular weight is 224 g/mol. The quantitative estimate of drug-likeness (QED) is 0.534. The second-order valence-electron chi connectivity index (χ2n) is 5.37. The number of ether oxygens (including phenoxy) is 1. The molecule has 1 fully saturated rings. The molecule has 0 spiro atoms. The number of ketones is 1. The van der Waals surface area contributed by atoms with Crippen molar-refractivity contribution in [2.45, 2.75) is 40.0 Å². The molecule has 0 amide bonds. The van der Waals surface area contributed by atoms with Crippen LogP contribution in [0.1, 0.15) is 40.0 Å². The number of methoxy groups -OCH3 is 1. The van der Waals surface area contributed by atoms with Crippen LogP contribution in [-0.4, -0.2) is 18.9 Å². The van der Waals surface area contributed by atoms with Crippen LogP contribution in [0.2, 0.25) is 0 Å². The van der Waals surface area contributed by atoms with E-state index in [1.54, 1.807) is 6.92 Å². The number of esters is 1.